The number of nitrogens with one attached hydrogen (secondary N) is 2. The van der Waals surface area contributed by atoms with Crippen LogP contribution in [0.2, 0.25) is 0 Å². The average molecular weight is 294 g/mol. The van der Waals surface area contributed by atoms with E-state index in [9.17, 15) is 9.59 Å². The number of nitrogens with zero attached hydrogens (tertiary/aromatic N) is 4. The van der Waals surface area contributed by atoms with E-state index in [4.69, 9.17) is 0 Å². The summed E-state index contributed by atoms with van der Waals surface area (Å²) in [5.41, 5.74) is -0.484. The first-order valence-corrected chi connectivity index (χ1v) is 7.15. The van der Waals surface area contributed by atoms with Crippen LogP contribution in [0, 0.1) is 5.41 Å². The van der Waals surface area contributed by atoms with E-state index in [1.807, 2.05) is 20.8 Å². The Hall–Kier alpha value is -1.99. The van der Waals surface area contributed by atoms with Crippen molar-refractivity contribution in [1.29, 1.82) is 0 Å². The van der Waals surface area contributed by atoms with Gasteiger partial charge in [0, 0.05) is 12.0 Å². The van der Waals surface area contributed by atoms with Gasteiger partial charge in [-0.25, -0.2) is 0 Å². The fourth-order valence-electron chi connectivity index (χ4n) is 2.44. The highest BCUT2D eigenvalue weighted by atomic mass is 16.2. The van der Waals surface area contributed by atoms with Crippen LogP contribution >= 0.6 is 0 Å². The van der Waals surface area contributed by atoms with Crippen molar-refractivity contribution in [3.8, 4) is 0 Å². The van der Waals surface area contributed by atoms with Gasteiger partial charge in [0.05, 0.1) is 6.04 Å². The molecule has 21 heavy (non-hydrogen) atoms. The lowest BCUT2D eigenvalue weighted by Gasteiger charge is -2.30. The average Bonchev–Trinajstić information content (AvgIpc) is 3.07. The Bertz CT molecular complexity index is 507. The van der Waals surface area contributed by atoms with Crippen LogP contribution in [-0.2, 0) is 9.59 Å². The van der Waals surface area contributed by atoms with E-state index in [-0.39, 0.29) is 17.9 Å². The van der Waals surface area contributed by atoms with Gasteiger partial charge in [0.15, 0.2) is 5.82 Å². The minimum atomic E-state index is -0.484. The molecule has 2 unspecified atom stereocenters. The molecule has 0 radical (unpaired) electrons. The number of aromatic amines is 1. The van der Waals surface area contributed by atoms with Gasteiger partial charge in [-0.15, -0.1) is 10.2 Å². The topological polar surface area (TPSA) is 104 Å². The molecule has 2 N–H and O–H groups in total. The SMILES string of the molecule is CC(NC(=O)C1CCCN1C(=O)C(C)(C)C)c1nn[nH]n1. The third-order valence-corrected chi connectivity index (χ3v) is 3.57. The lowest BCUT2D eigenvalue weighted by Crippen LogP contribution is -2.49. The minimum Gasteiger partial charge on any atom is -0.344 e. The maximum atomic E-state index is 12.4. The van der Waals surface area contributed by atoms with E-state index in [0.717, 1.165) is 6.42 Å². The first-order chi connectivity index (χ1) is 9.80. The number of carbonyl (C=O) groups is 2. The highest BCUT2D eigenvalue weighted by Gasteiger charge is 2.38. The van der Waals surface area contributed by atoms with E-state index < -0.39 is 11.5 Å². The molecule has 0 spiro atoms. The van der Waals surface area contributed by atoms with Crippen molar-refractivity contribution in [1.82, 2.24) is 30.8 Å². The zero-order valence-corrected chi connectivity index (χ0v) is 12.9. The van der Waals surface area contributed by atoms with Gasteiger partial charge in [-0.3, -0.25) is 9.59 Å². The van der Waals surface area contributed by atoms with Crippen LogP contribution in [0.3, 0.4) is 0 Å². The van der Waals surface area contributed by atoms with E-state index in [0.29, 0.717) is 18.8 Å². The zero-order chi connectivity index (χ0) is 15.6. The molecule has 1 aromatic rings. The molecule has 2 atom stereocenters. The Kier molecular flexibility index (Phi) is 4.24. The van der Waals surface area contributed by atoms with Gasteiger partial charge < -0.3 is 10.2 Å². The van der Waals surface area contributed by atoms with Crippen molar-refractivity contribution in [3.05, 3.63) is 5.82 Å². The van der Waals surface area contributed by atoms with Crippen LogP contribution in [-0.4, -0.2) is 49.9 Å². The summed E-state index contributed by atoms with van der Waals surface area (Å²) >= 11 is 0. The molecule has 0 aromatic carbocycles. The van der Waals surface area contributed by atoms with Crippen LogP contribution < -0.4 is 5.32 Å². The summed E-state index contributed by atoms with van der Waals surface area (Å²) in [6.07, 6.45) is 1.53. The quantitative estimate of drug-likeness (QED) is 0.840. The van der Waals surface area contributed by atoms with E-state index in [1.54, 1.807) is 11.8 Å². The zero-order valence-electron chi connectivity index (χ0n) is 12.9. The Balaban J connectivity index is 2.03. The molecule has 1 aliphatic heterocycles. The molecule has 116 valence electrons. The number of H-pyrrole nitrogens is 1. The second-order valence-electron chi connectivity index (χ2n) is 6.41. The molecule has 1 aromatic heterocycles. The fourth-order valence-corrected chi connectivity index (χ4v) is 2.44. The number of hydrogen-bond acceptors (Lipinski definition) is 5. The first-order valence-electron chi connectivity index (χ1n) is 7.15. The van der Waals surface area contributed by atoms with Gasteiger partial charge in [-0.05, 0) is 19.8 Å². The summed E-state index contributed by atoms with van der Waals surface area (Å²) in [6, 6.07) is -0.755. The van der Waals surface area contributed by atoms with E-state index in [2.05, 4.69) is 25.9 Å². The highest BCUT2D eigenvalue weighted by Crippen LogP contribution is 2.25. The molecule has 2 rings (SSSR count). The number of carbonyl (C=O) groups excluding carboxylic acids is 2. The first kappa shape index (κ1) is 15.4. The normalized spacial score (nSPS) is 20.4. The Morgan fingerprint density at radius 2 is 2.14 bits per heavy atom. The van der Waals surface area contributed by atoms with Crippen molar-refractivity contribution >= 4 is 11.8 Å². The molecular weight excluding hydrogens is 272 g/mol. The Morgan fingerprint density at radius 3 is 2.71 bits per heavy atom. The molecule has 2 amide bonds. The lowest BCUT2D eigenvalue weighted by atomic mass is 9.94. The number of amides is 2. The maximum Gasteiger partial charge on any atom is 0.243 e. The predicted molar refractivity (Wildman–Crippen MR) is 74.9 cm³/mol. The molecule has 1 aliphatic rings. The summed E-state index contributed by atoms with van der Waals surface area (Å²) < 4.78 is 0. The van der Waals surface area contributed by atoms with Gasteiger partial charge in [0.1, 0.15) is 6.04 Å². The van der Waals surface area contributed by atoms with Gasteiger partial charge >= 0.3 is 0 Å². The molecule has 0 saturated carbocycles. The van der Waals surface area contributed by atoms with Crippen molar-refractivity contribution in [2.24, 2.45) is 5.41 Å². The van der Waals surface area contributed by atoms with Crippen LogP contribution in [0.1, 0.15) is 52.4 Å². The molecular formula is C13H22N6O2. The van der Waals surface area contributed by atoms with E-state index >= 15 is 0 Å². The maximum absolute atomic E-state index is 12.4. The second kappa shape index (κ2) is 5.79. The predicted octanol–water partition coefficient (Wildman–Crippen LogP) is 0.414. The summed E-state index contributed by atoms with van der Waals surface area (Å²) in [5.74, 6) is 0.268. The summed E-state index contributed by atoms with van der Waals surface area (Å²) in [7, 11) is 0. The van der Waals surface area contributed by atoms with Crippen molar-refractivity contribution in [3.63, 3.8) is 0 Å². The van der Waals surface area contributed by atoms with Crippen molar-refractivity contribution < 1.29 is 9.59 Å². The molecule has 8 heteroatoms. The van der Waals surface area contributed by atoms with Gasteiger partial charge in [0.2, 0.25) is 11.8 Å². The van der Waals surface area contributed by atoms with Crippen molar-refractivity contribution in [2.45, 2.75) is 52.6 Å². The standard InChI is InChI=1S/C13H22N6O2/c1-8(10-15-17-18-16-10)14-11(20)9-6-5-7-19(9)12(21)13(2,3)4/h8-9H,5-7H2,1-4H3,(H,14,20)(H,15,16,17,18). The van der Waals surface area contributed by atoms with Crippen LogP contribution in [0.15, 0.2) is 0 Å². The molecule has 8 nitrogen and oxygen atoms in total. The van der Waals surface area contributed by atoms with Crippen LogP contribution in [0.25, 0.3) is 0 Å². The molecule has 2 heterocycles. The minimum absolute atomic E-state index is 0.00682. The third-order valence-electron chi connectivity index (χ3n) is 3.57. The highest BCUT2D eigenvalue weighted by molar-refractivity contribution is 5.90. The number of likely N-dealkylation sites (tertiary alicyclic amines) is 1. The number of aromatic nitrogens is 4. The van der Waals surface area contributed by atoms with Crippen molar-refractivity contribution in [2.75, 3.05) is 6.54 Å². The fraction of sp³-hybridized carbons (Fsp3) is 0.769. The van der Waals surface area contributed by atoms with Crippen LogP contribution in [0.4, 0.5) is 0 Å². The lowest BCUT2D eigenvalue weighted by molar-refractivity contribution is -0.144. The Labute approximate surface area is 123 Å². The van der Waals surface area contributed by atoms with Gasteiger partial charge in [-0.1, -0.05) is 26.0 Å². The number of rotatable bonds is 3. The summed E-state index contributed by atoms with van der Waals surface area (Å²) in [5, 5.41) is 16.4. The van der Waals surface area contributed by atoms with Crippen LogP contribution in [0.5, 0.6) is 0 Å². The molecule has 1 fully saturated rings. The van der Waals surface area contributed by atoms with E-state index in [1.165, 1.54) is 0 Å². The largest absolute Gasteiger partial charge is 0.344 e. The smallest absolute Gasteiger partial charge is 0.243 e. The third kappa shape index (κ3) is 3.37. The summed E-state index contributed by atoms with van der Waals surface area (Å²) in [6.45, 7) is 8.01. The monoisotopic (exact) mass is 294 g/mol. The summed E-state index contributed by atoms with van der Waals surface area (Å²) in [4.78, 5) is 26.5. The number of tetrazole rings is 1. The molecule has 0 bridgehead atoms. The van der Waals surface area contributed by atoms with Gasteiger partial charge in [0.25, 0.3) is 0 Å². The number of hydrogen-bond donors (Lipinski definition) is 2. The molecule has 0 aliphatic carbocycles. The molecule has 1 saturated heterocycles. The second-order valence-corrected chi connectivity index (χ2v) is 6.41. The van der Waals surface area contributed by atoms with Gasteiger partial charge in [-0.2, -0.15) is 5.21 Å². The Morgan fingerprint density at radius 1 is 1.43 bits per heavy atom.